The Bertz CT molecular complexity index is 800. The van der Waals surface area contributed by atoms with Gasteiger partial charge in [-0.2, -0.15) is 0 Å². The molecule has 7 rings (SSSR count). The van der Waals surface area contributed by atoms with Gasteiger partial charge in [-0.25, -0.2) is 0 Å². The van der Waals surface area contributed by atoms with E-state index in [0.29, 0.717) is 30.0 Å². The van der Waals surface area contributed by atoms with Crippen molar-refractivity contribution in [3.63, 3.8) is 0 Å². The van der Waals surface area contributed by atoms with Crippen LogP contribution in [0.2, 0.25) is 0 Å². The molecular formula is C19H22N2O2. The van der Waals surface area contributed by atoms with Crippen LogP contribution in [0.25, 0.3) is 10.9 Å². The molecule has 5 aliphatic rings. The molecule has 5 aliphatic heterocycles. The number of aromatic nitrogens is 1. The van der Waals surface area contributed by atoms with Gasteiger partial charge >= 0.3 is 0 Å². The van der Waals surface area contributed by atoms with Crippen LogP contribution >= 0.6 is 0 Å². The van der Waals surface area contributed by atoms with Crippen molar-refractivity contribution in [2.45, 2.75) is 44.2 Å². The number of nitrogens with one attached hydrogen (secondary N) is 1. The third kappa shape index (κ3) is 1.44. The summed E-state index contributed by atoms with van der Waals surface area (Å²) in [4.78, 5) is 6.43. The molecule has 4 nitrogen and oxygen atoms in total. The maximum absolute atomic E-state index is 10.5. The Morgan fingerprint density at radius 1 is 1.26 bits per heavy atom. The summed E-state index contributed by atoms with van der Waals surface area (Å²) in [6.45, 7) is 3.08. The zero-order chi connectivity index (χ0) is 15.3. The molecule has 4 heteroatoms. The minimum absolute atomic E-state index is 0.281. The number of hydrogen-bond acceptors (Lipinski definition) is 3. The lowest BCUT2D eigenvalue weighted by Gasteiger charge is -2.65. The lowest BCUT2D eigenvalue weighted by Crippen LogP contribution is -2.71. The number of H-pyrrole nitrogens is 1. The molecule has 3 unspecified atom stereocenters. The summed E-state index contributed by atoms with van der Waals surface area (Å²) in [5, 5.41) is 11.9. The maximum Gasteiger partial charge on any atom is 0.159 e. The monoisotopic (exact) mass is 310 g/mol. The Balaban J connectivity index is 1.56. The normalized spacial score (nSPS) is 46.9. The van der Waals surface area contributed by atoms with E-state index in [1.165, 1.54) is 22.2 Å². The standard InChI is InChI=1S/C19H22N2O2/c1-9-13-8-23-19(22)17-11(13)6-16-18-12(7-15(17)21(9)16)10-4-2-3-5-14(10)20-18/h2-5,9,11,13,15-17,19-20,22H,6-8H2,1H3/t9-,11-,13+,15?,16-,17?,19+/m0/s1. The molecule has 1 aromatic heterocycles. The molecule has 1 aromatic carbocycles. The van der Waals surface area contributed by atoms with E-state index in [0.717, 1.165) is 19.4 Å². The van der Waals surface area contributed by atoms with Crippen molar-refractivity contribution >= 4 is 10.9 Å². The Hall–Kier alpha value is -1.36. The predicted molar refractivity (Wildman–Crippen MR) is 86.9 cm³/mol. The van der Waals surface area contributed by atoms with Gasteiger partial charge in [-0.1, -0.05) is 18.2 Å². The first kappa shape index (κ1) is 13.0. The maximum atomic E-state index is 10.5. The molecule has 0 spiro atoms. The highest BCUT2D eigenvalue weighted by Crippen LogP contribution is 2.58. The summed E-state index contributed by atoms with van der Waals surface area (Å²) in [6, 6.07) is 10.1. The van der Waals surface area contributed by atoms with Gasteiger partial charge in [0.15, 0.2) is 6.29 Å². The SMILES string of the molecule is C[C@H]1[C@H]2CO[C@@H](O)C3C4Cc5c([nH]c6ccccc56)[C@H](C[C@H]32)N41. The van der Waals surface area contributed by atoms with Gasteiger partial charge < -0.3 is 14.8 Å². The number of aliphatic hydroxyl groups is 1. The van der Waals surface area contributed by atoms with Crippen molar-refractivity contribution in [1.29, 1.82) is 0 Å². The van der Waals surface area contributed by atoms with Crippen LogP contribution in [0.5, 0.6) is 0 Å². The van der Waals surface area contributed by atoms with Crippen LogP contribution in [0.1, 0.15) is 30.6 Å². The number of fused-ring (bicyclic) bond motifs is 3. The van der Waals surface area contributed by atoms with Gasteiger partial charge in [-0.05, 0) is 37.3 Å². The Morgan fingerprint density at radius 3 is 3.04 bits per heavy atom. The number of piperidine rings is 3. The molecule has 23 heavy (non-hydrogen) atoms. The molecule has 6 bridgehead atoms. The van der Waals surface area contributed by atoms with E-state index in [2.05, 4.69) is 41.1 Å². The number of benzene rings is 1. The van der Waals surface area contributed by atoms with Crippen LogP contribution in [0.3, 0.4) is 0 Å². The second kappa shape index (κ2) is 4.18. The van der Waals surface area contributed by atoms with E-state index in [4.69, 9.17) is 4.74 Å². The summed E-state index contributed by atoms with van der Waals surface area (Å²) in [5.74, 6) is 1.47. The predicted octanol–water partition coefficient (Wildman–Crippen LogP) is 2.44. The van der Waals surface area contributed by atoms with E-state index < -0.39 is 6.29 Å². The Morgan fingerprint density at radius 2 is 2.13 bits per heavy atom. The molecule has 6 heterocycles. The van der Waals surface area contributed by atoms with Gasteiger partial charge in [-0.3, -0.25) is 4.90 Å². The number of rotatable bonds is 0. The summed E-state index contributed by atoms with van der Waals surface area (Å²) in [5.41, 5.74) is 4.18. The van der Waals surface area contributed by atoms with E-state index in [1.54, 1.807) is 0 Å². The van der Waals surface area contributed by atoms with E-state index in [1.807, 2.05) is 0 Å². The van der Waals surface area contributed by atoms with Gasteiger partial charge in [-0.15, -0.1) is 0 Å². The molecule has 0 aliphatic carbocycles. The Labute approximate surface area is 135 Å². The van der Waals surface area contributed by atoms with Crippen molar-refractivity contribution in [1.82, 2.24) is 9.88 Å². The number of aromatic amines is 1. The minimum atomic E-state index is -0.580. The fourth-order valence-corrected chi connectivity index (χ4v) is 6.30. The van der Waals surface area contributed by atoms with E-state index in [-0.39, 0.29) is 5.92 Å². The lowest BCUT2D eigenvalue weighted by atomic mass is 9.58. The molecule has 2 N–H and O–H groups in total. The van der Waals surface area contributed by atoms with Crippen LogP contribution in [0, 0.1) is 17.8 Å². The van der Waals surface area contributed by atoms with Gasteiger partial charge in [0.2, 0.25) is 0 Å². The van der Waals surface area contributed by atoms with Gasteiger partial charge in [0, 0.05) is 40.5 Å². The largest absolute Gasteiger partial charge is 0.368 e. The second-order valence-corrected chi connectivity index (χ2v) is 7.90. The first-order valence-electron chi connectivity index (χ1n) is 8.90. The average Bonchev–Trinajstić information content (AvgIpc) is 2.93. The zero-order valence-corrected chi connectivity index (χ0v) is 13.3. The number of ether oxygens (including phenoxy) is 1. The zero-order valence-electron chi connectivity index (χ0n) is 13.3. The minimum Gasteiger partial charge on any atom is -0.368 e. The lowest BCUT2D eigenvalue weighted by molar-refractivity contribution is -0.280. The molecule has 4 saturated heterocycles. The highest BCUT2D eigenvalue weighted by molar-refractivity contribution is 5.85. The summed E-state index contributed by atoms with van der Waals surface area (Å²) in [6.07, 6.45) is 1.62. The molecular weight excluding hydrogens is 288 g/mol. The molecule has 0 saturated carbocycles. The molecule has 4 fully saturated rings. The number of hydrogen-bond donors (Lipinski definition) is 2. The van der Waals surface area contributed by atoms with Gasteiger partial charge in [0.25, 0.3) is 0 Å². The topological polar surface area (TPSA) is 48.5 Å². The fourth-order valence-electron chi connectivity index (χ4n) is 6.30. The highest BCUT2D eigenvalue weighted by atomic mass is 16.6. The van der Waals surface area contributed by atoms with Crippen LogP contribution in [-0.2, 0) is 11.2 Å². The second-order valence-electron chi connectivity index (χ2n) is 7.90. The van der Waals surface area contributed by atoms with Crippen molar-refractivity contribution < 1.29 is 9.84 Å². The third-order valence-electron chi connectivity index (χ3n) is 7.20. The van der Waals surface area contributed by atoms with Gasteiger partial charge in [0.05, 0.1) is 12.6 Å². The summed E-state index contributed by atoms with van der Waals surface area (Å²) >= 11 is 0. The van der Waals surface area contributed by atoms with Crippen LogP contribution in [-0.4, -0.2) is 40.0 Å². The smallest absolute Gasteiger partial charge is 0.159 e. The molecule has 120 valence electrons. The highest BCUT2D eigenvalue weighted by Gasteiger charge is 2.61. The fraction of sp³-hybridized carbons (Fsp3) is 0.579. The number of para-hydroxylation sites is 1. The Kier molecular flexibility index (Phi) is 2.36. The third-order valence-corrected chi connectivity index (χ3v) is 7.20. The molecule has 0 amide bonds. The molecule has 0 radical (unpaired) electrons. The first-order valence-corrected chi connectivity index (χ1v) is 8.90. The van der Waals surface area contributed by atoms with Crippen molar-refractivity contribution in [2.24, 2.45) is 17.8 Å². The first-order chi connectivity index (χ1) is 11.2. The van der Waals surface area contributed by atoms with Crippen molar-refractivity contribution in [2.75, 3.05) is 6.61 Å². The number of aliphatic hydroxyl groups excluding tert-OH is 1. The van der Waals surface area contributed by atoms with Crippen LogP contribution in [0.4, 0.5) is 0 Å². The number of nitrogens with zero attached hydrogens (tertiary/aromatic N) is 1. The van der Waals surface area contributed by atoms with Crippen LogP contribution in [0.15, 0.2) is 24.3 Å². The van der Waals surface area contributed by atoms with Crippen molar-refractivity contribution in [3.8, 4) is 0 Å². The molecule has 2 aromatic rings. The van der Waals surface area contributed by atoms with E-state index >= 15 is 0 Å². The van der Waals surface area contributed by atoms with Crippen molar-refractivity contribution in [3.05, 3.63) is 35.5 Å². The van der Waals surface area contributed by atoms with Crippen LogP contribution < -0.4 is 0 Å². The molecule has 8 atom stereocenters. The summed E-state index contributed by atoms with van der Waals surface area (Å²) in [7, 11) is 0. The average molecular weight is 310 g/mol. The summed E-state index contributed by atoms with van der Waals surface area (Å²) < 4.78 is 5.74. The van der Waals surface area contributed by atoms with E-state index in [9.17, 15) is 5.11 Å². The quantitative estimate of drug-likeness (QED) is 0.786. The van der Waals surface area contributed by atoms with Gasteiger partial charge in [0.1, 0.15) is 0 Å².